The van der Waals surface area contributed by atoms with E-state index in [1.165, 1.54) is 179 Å². The lowest BCUT2D eigenvalue weighted by Crippen LogP contribution is -3.07. The quantitative estimate of drug-likeness (QED) is 0.0699. The summed E-state index contributed by atoms with van der Waals surface area (Å²) >= 11 is 0. The molecule has 0 saturated heterocycles. The van der Waals surface area contributed by atoms with Gasteiger partial charge >= 0.3 is 5.97 Å². The summed E-state index contributed by atoms with van der Waals surface area (Å²) in [4.78, 5) is 16.4. The predicted molar refractivity (Wildman–Crippen MR) is 192 cm³/mol. The van der Waals surface area contributed by atoms with Crippen molar-refractivity contribution in [2.45, 2.75) is 167 Å². The maximum absolute atomic E-state index is 10.5. The van der Waals surface area contributed by atoms with Crippen molar-refractivity contribution in [1.29, 1.82) is 0 Å². The highest BCUT2D eigenvalue weighted by molar-refractivity contribution is 5.66. The van der Waals surface area contributed by atoms with Gasteiger partial charge in [-0.15, -0.1) is 0 Å². The number of carboxylic acids is 1. The van der Waals surface area contributed by atoms with Crippen LogP contribution in [0.3, 0.4) is 0 Å². The molecule has 45 heavy (non-hydrogen) atoms. The molecule has 2 heterocycles. The second-order valence-corrected chi connectivity index (χ2v) is 13.6. The van der Waals surface area contributed by atoms with E-state index in [1.54, 1.807) is 10.5 Å². The third-order valence-electron chi connectivity index (χ3n) is 9.37. The van der Waals surface area contributed by atoms with Crippen molar-refractivity contribution in [2.24, 2.45) is 0 Å². The molecule has 0 spiro atoms. The minimum absolute atomic E-state index is 0.228. The molecule has 0 aromatic carbocycles. The fraction of sp³-hybridized carbons (Fsp3) is 0.750. The van der Waals surface area contributed by atoms with Gasteiger partial charge in [0.05, 0.1) is 19.2 Å². The van der Waals surface area contributed by atoms with E-state index in [2.05, 4.69) is 34.7 Å². The zero-order valence-electron chi connectivity index (χ0n) is 29.1. The Bertz CT molecular complexity index is 870. The molecule has 0 saturated carbocycles. The van der Waals surface area contributed by atoms with Crippen LogP contribution in [0.5, 0.6) is 0 Å². The van der Waals surface area contributed by atoms with Gasteiger partial charge < -0.3 is 15.3 Å². The smallest absolute Gasteiger partial charge is 0.304 e. The van der Waals surface area contributed by atoms with Crippen molar-refractivity contribution < 1.29 is 14.8 Å². The first-order chi connectivity index (χ1) is 22.2. The number of aliphatic carboxylic acids is 1. The van der Waals surface area contributed by atoms with E-state index in [0.717, 1.165) is 6.54 Å². The summed E-state index contributed by atoms with van der Waals surface area (Å²) in [5.74, 6) is -0.715. The molecule has 5 heteroatoms. The van der Waals surface area contributed by atoms with Crippen LogP contribution in [0.15, 0.2) is 48.5 Å². The second kappa shape index (κ2) is 29.4. The molecule has 0 bridgehead atoms. The highest BCUT2D eigenvalue weighted by Gasteiger charge is 2.10. The van der Waals surface area contributed by atoms with E-state index < -0.39 is 5.97 Å². The molecule has 3 N–H and O–H groups in total. The summed E-state index contributed by atoms with van der Waals surface area (Å²) in [6, 6.07) is 4.24. The lowest BCUT2D eigenvalue weighted by Gasteiger charge is -2.18. The van der Waals surface area contributed by atoms with E-state index in [0.29, 0.717) is 6.54 Å². The number of carboxylic acid groups (broad SMARTS) is 1. The number of aryl methyl sites for hydroxylation is 1. The topological polar surface area (TPSA) is 66.7 Å². The SMILES string of the molecule is O=C(O)CCNCCCCCCCCCCCCCCC1=C[NH+](CCCCCCCCCCCCCc2cccnc2)CC=C1. The summed E-state index contributed by atoms with van der Waals surface area (Å²) in [6.07, 6.45) is 45.5. The second-order valence-electron chi connectivity index (χ2n) is 13.6. The number of allylic oxidation sites excluding steroid dienone is 2. The number of hydrogen-bond donors (Lipinski definition) is 3. The maximum atomic E-state index is 10.5. The Balaban J connectivity index is 1.28. The van der Waals surface area contributed by atoms with E-state index in [9.17, 15) is 4.79 Å². The first-order valence-corrected chi connectivity index (χ1v) is 19.3. The number of carbonyl (C=O) groups is 1. The normalized spacial score (nSPS) is 14.6. The van der Waals surface area contributed by atoms with Gasteiger partial charge in [-0.2, -0.15) is 0 Å². The Morgan fingerprint density at radius 2 is 1.22 bits per heavy atom. The van der Waals surface area contributed by atoms with Crippen LogP contribution in [0.4, 0.5) is 0 Å². The van der Waals surface area contributed by atoms with E-state index in [4.69, 9.17) is 5.11 Å². The fourth-order valence-electron chi connectivity index (χ4n) is 6.55. The van der Waals surface area contributed by atoms with Crippen molar-refractivity contribution in [1.82, 2.24) is 10.3 Å². The predicted octanol–water partition coefficient (Wildman–Crippen LogP) is 9.39. The van der Waals surface area contributed by atoms with Gasteiger partial charge in [0.25, 0.3) is 0 Å². The maximum Gasteiger partial charge on any atom is 0.304 e. The molecule has 1 aliphatic heterocycles. The first kappa shape index (κ1) is 39.2. The lowest BCUT2D eigenvalue weighted by atomic mass is 10.0. The number of unbranched alkanes of at least 4 members (excludes halogenated alkanes) is 21. The summed E-state index contributed by atoms with van der Waals surface area (Å²) in [5, 5.41) is 11.8. The third-order valence-corrected chi connectivity index (χ3v) is 9.37. The highest BCUT2D eigenvalue weighted by atomic mass is 16.4. The molecule has 0 radical (unpaired) electrons. The van der Waals surface area contributed by atoms with Crippen LogP contribution >= 0.6 is 0 Å². The van der Waals surface area contributed by atoms with E-state index in [1.807, 2.05) is 18.5 Å². The van der Waals surface area contributed by atoms with Crippen LogP contribution in [-0.2, 0) is 11.2 Å². The fourth-order valence-corrected chi connectivity index (χ4v) is 6.55. The number of nitrogens with zero attached hydrogens (tertiary/aromatic N) is 1. The molecule has 0 fully saturated rings. The van der Waals surface area contributed by atoms with Gasteiger partial charge in [-0.3, -0.25) is 9.78 Å². The minimum atomic E-state index is -0.715. The molecule has 0 aliphatic carbocycles. The van der Waals surface area contributed by atoms with Gasteiger partial charge in [-0.05, 0) is 69.2 Å². The summed E-state index contributed by atoms with van der Waals surface area (Å²) in [7, 11) is 0. The highest BCUT2D eigenvalue weighted by Crippen LogP contribution is 2.16. The van der Waals surface area contributed by atoms with Crippen LogP contribution in [0.2, 0.25) is 0 Å². The molecule has 1 atom stereocenters. The third kappa shape index (κ3) is 24.9. The zero-order valence-corrected chi connectivity index (χ0v) is 29.1. The van der Waals surface area contributed by atoms with Gasteiger partial charge in [-0.1, -0.05) is 128 Å². The van der Waals surface area contributed by atoms with Gasteiger partial charge in [0.1, 0.15) is 6.54 Å². The Morgan fingerprint density at radius 1 is 0.689 bits per heavy atom. The Hall–Kier alpha value is -1.98. The van der Waals surface area contributed by atoms with Crippen LogP contribution in [-0.4, -0.2) is 42.2 Å². The number of quaternary nitrogens is 1. The molecule has 2 rings (SSSR count). The van der Waals surface area contributed by atoms with Crippen molar-refractivity contribution in [3.05, 3.63) is 54.0 Å². The van der Waals surface area contributed by atoms with E-state index >= 15 is 0 Å². The standard InChI is InChI=1S/C40H69N3O2/c44-40(45)30-33-41-31-22-18-14-10-6-2-1-4-9-13-17-21-27-39-29-25-35-43(37-39)34-23-19-15-11-7-3-5-8-12-16-20-26-38-28-24-32-42-36-38/h24-25,28-29,32,36-37,41H,1-23,26-27,30-31,33-35H2,(H,44,45)/p+1. The Kier molecular flexibility index (Phi) is 25.6. The van der Waals surface area contributed by atoms with Crippen molar-refractivity contribution in [2.75, 3.05) is 26.2 Å². The number of pyridine rings is 1. The number of rotatable bonds is 32. The van der Waals surface area contributed by atoms with Crippen LogP contribution in [0.25, 0.3) is 0 Å². The van der Waals surface area contributed by atoms with Gasteiger partial charge in [0, 0.05) is 24.5 Å². The van der Waals surface area contributed by atoms with Crippen LogP contribution in [0.1, 0.15) is 166 Å². The average Bonchev–Trinajstić information content (AvgIpc) is 3.05. The monoisotopic (exact) mass is 625 g/mol. The minimum Gasteiger partial charge on any atom is -0.481 e. The molecule has 0 amide bonds. The summed E-state index contributed by atoms with van der Waals surface area (Å²) < 4.78 is 0. The molecule has 1 aromatic rings. The number of aromatic nitrogens is 1. The van der Waals surface area contributed by atoms with Crippen LogP contribution < -0.4 is 10.2 Å². The van der Waals surface area contributed by atoms with Crippen molar-refractivity contribution in [3.63, 3.8) is 0 Å². The molecule has 256 valence electrons. The van der Waals surface area contributed by atoms with E-state index in [-0.39, 0.29) is 6.42 Å². The molecule has 1 unspecified atom stereocenters. The number of nitrogens with one attached hydrogen (secondary N) is 2. The van der Waals surface area contributed by atoms with Gasteiger partial charge in [0.15, 0.2) is 0 Å². The molecular weight excluding hydrogens is 554 g/mol. The average molecular weight is 625 g/mol. The zero-order chi connectivity index (χ0) is 31.9. The molecular formula is C40H70N3O2+. The summed E-state index contributed by atoms with van der Waals surface area (Å²) in [6.45, 7) is 4.04. The Labute approximate surface area is 277 Å². The Morgan fingerprint density at radius 3 is 1.78 bits per heavy atom. The van der Waals surface area contributed by atoms with Gasteiger partial charge in [-0.25, -0.2) is 0 Å². The molecule has 5 nitrogen and oxygen atoms in total. The van der Waals surface area contributed by atoms with Crippen molar-refractivity contribution >= 4 is 5.97 Å². The van der Waals surface area contributed by atoms with Gasteiger partial charge in [0.2, 0.25) is 0 Å². The van der Waals surface area contributed by atoms with Crippen molar-refractivity contribution in [3.8, 4) is 0 Å². The van der Waals surface area contributed by atoms with Crippen LogP contribution in [0, 0.1) is 0 Å². The largest absolute Gasteiger partial charge is 0.481 e. The number of hydrogen-bond acceptors (Lipinski definition) is 3. The molecule has 1 aromatic heterocycles. The lowest BCUT2D eigenvalue weighted by molar-refractivity contribution is -0.841. The first-order valence-electron chi connectivity index (χ1n) is 19.3. The summed E-state index contributed by atoms with van der Waals surface area (Å²) in [5.41, 5.74) is 2.96. The molecule has 1 aliphatic rings.